The molecule has 2 aromatic carbocycles. The number of methoxy groups -OCH3 is 2. The third kappa shape index (κ3) is 5.85. The summed E-state index contributed by atoms with van der Waals surface area (Å²) in [6.45, 7) is 3.93. The number of H-pyrrole nitrogens is 1. The molecule has 0 aliphatic carbocycles. The maximum atomic E-state index is 12.8. The molecule has 3 aromatic rings. The molecule has 34 heavy (non-hydrogen) atoms. The van der Waals surface area contributed by atoms with E-state index in [2.05, 4.69) is 9.97 Å². The lowest BCUT2D eigenvalue weighted by Gasteiger charge is -2.14. The molecular weight excluding hydrogens is 464 g/mol. The van der Waals surface area contributed by atoms with Crippen LogP contribution in [0.15, 0.2) is 29.1 Å². The van der Waals surface area contributed by atoms with Gasteiger partial charge >= 0.3 is 5.97 Å². The van der Waals surface area contributed by atoms with Gasteiger partial charge < -0.3 is 23.9 Å². The van der Waals surface area contributed by atoms with Gasteiger partial charge in [-0.15, -0.1) is 0 Å². The quantitative estimate of drug-likeness (QED) is 0.261. The Kier molecular flexibility index (Phi) is 8.12. The number of rotatable bonds is 10. The summed E-state index contributed by atoms with van der Waals surface area (Å²) in [5.74, 6) is 1.43. The van der Waals surface area contributed by atoms with Crippen molar-refractivity contribution in [3.63, 3.8) is 0 Å². The van der Waals surface area contributed by atoms with E-state index in [1.807, 2.05) is 26.0 Å². The molecule has 1 aromatic heterocycles. The number of aromatic amines is 1. The summed E-state index contributed by atoms with van der Waals surface area (Å²) in [5, 5.41) is -0.245. The summed E-state index contributed by atoms with van der Waals surface area (Å²) in [5.41, 5.74) is 2.47. The Bertz CT molecular complexity index is 1260. The number of nitrogens with zero attached hydrogens (tertiary/aromatic N) is 1. The van der Waals surface area contributed by atoms with Gasteiger partial charge in [-0.05, 0) is 48.7 Å². The maximum Gasteiger partial charge on any atom is 0.306 e. The van der Waals surface area contributed by atoms with Crippen molar-refractivity contribution < 1.29 is 28.5 Å². The number of ether oxygens (including phenoxy) is 4. The van der Waals surface area contributed by atoms with Crippen LogP contribution in [0.1, 0.15) is 24.0 Å². The van der Waals surface area contributed by atoms with Crippen molar-refractivity contribution in [2.75, 3.05) is 27.4 Å². The molecule has 1 N–H and O–H groups in total. The first-order chi connectivity index (χ1) is 16.2. The molecule has 0 aliphatic heterocycles. The molecule has 0 bridgehead atoms. The van der Waals surface area contributed by atoms with Crippen molar-refractivity contribution in [3.05, 3.63) is 45.7 Å². The second-order valence-electron chi connectivity index (χ2n) is 7.50. The van der Waals surface area contributed by atoms with E-state index in [-0.39, 0.29) is 31.6 Å². The summed E-state index contributed by atoms with van der Waals surface area (Å²) in [6.07, 6.45) is -0.130. The summed E-state index contributed by atoms with van der Waals surface area (Å²) >= 11 is 5.21. The van der Waals surface area contributed by atoms with Crippen molar-refractivity contribution in [2.24, 2.45) is 0 Å². The molecule has 10 heteroatoms. The molecule has 9 nitrogen and oxygen atoms in total. The number of carbonyl (C=O) groups excluding carboxylic acids is 2. The number of carbonyl (C=O) groups is 2. The molecule has 0 saturated heterocycles. The Morgan fingerprint density at radius 3 is 2.32 bits per heavy atom. The third-order valence-corrected chi connectivity index (χ3v) is 5.24. The first-order valence-electron chi connectivity index (χ1n) is 10.5. The first-order valence-corrected chi connectivity index (χ1v) is 10.9. The zero-order valence-corrected chi connectivity index (χ0v) is 20.1. The number of esters is 1. The standard InChI is InChI=1S/C24H25ClN2O7/c1-13-9-15(10-14(2)22(13)34-8-7-33-20(29)6-5-19(25)28)23-26-17-11-16(31-3)12-18(32-4)21(17)24(30)27-23/h9-12H,5-8H2,1-4H3,(H,26,27,30). The van der Waals surface area contributed by atoms with Crippen LogP contribution in [0.2, 0.25) is 0 Å². The Hall–Kier alpha value is -3.59. The van der Waals surface area contributed by atoms with Crippen molar-refractivity contribution >= 4 is 33.7 Å². The summed E-state index contributed by atoms with van der Waals surface area (Å²) in [7, 11) is 3.01. The van der Waals surface area contributed by atoms with Crippen molar-refractivity contribution in [2.45, 2.75) is 26.7 Å². The van der Waals surface area contributed by atoms with Gasteiger partial charge in [-0.2, -0.15) is 0 Å². The zero-order chi connectivity index (χ0) is 24.8. The predicted molar refractivity (Wildman–Crippen MR) is 127 cm³/mol. The summed E-state index contributed by atoms with van der Waals surface area (Å²) in [4.78, 5) is 42.5. The average molecular weight is 489 g/mol. The van der Waals surface area contributed by atoms with E-state index in [4.69, 9.17) is 30.5 Å². The zero-order valence-electron chi connectivity index (χ0n) is 19.3. The third-order valence-electron chi connectivity index (χ3n) is 5.05. The second-order valence-corrected chi connectivity index (χ2v) is 7.92. The fraction of sp³-hybridized carbons (Fsp3) is 0.333. The SMILES string of the molecule is COc1cc(OC)c2c(=O)[nH]c(-c3cc(C)c(OCCOC(=O)CCC(=O)Cl)c(C)c3)nc2c1. The summed E-state index contributed by atoms with van der Waals surface area (Å²) < 4.78 is 21.4. The van der Waals surface area contributed by atoms with E-state index in [0.717, 1.165) is 11.1 Å². The first kappa shape index (κ1) is 25.0. The van der Waals surface area contributed by atoms with Gasteiger partial charge in [0.15, 0.2) is 0 Å². The minimum atomic E-state index is -0.583. The minimum absolute atomic E-state index is 0.0408. The van der Waals surface area contributed by atoms with Gasteiger partial charge in [0.2, 0.25) is 5.24 Å². The fourth-order valence-electron chi connectivity index (χ4n) is 3.51. The van der Waals surface area contributed by atoms with Crippen molar-refractivity contribution in [3.8, 4) is 28.6 Å². The molecule has 0 radical (unpaired) electrons. The van der Waals surface area contributed by atoms with E-state index < -0.39 is 11.2 Å². The van der Waals surface area contributed by atoms with Crippen LogP contribution >= 0.6 is 11.6 Å². The van der Waals surface area contributed by atoms with E-state index in [9.17, 15) is 14.4 Å². The lowest BCUT2D eigenvalue weighted by molar-refractivity contribution is -0.145. The van der Waals surface area contributed by atoms with Gasteiger partial charge in [0, 0.05) is 24.1 Å². The Morgan fingerprint density at radius 1 is 1.00 bits per heavy atom. The highest BCUT2D eigenvalue weighted by molar-refractivity contribution is 6.63. The number of fused-ring (bicyclic) bond motifs is 1. The normalized spacial score (nSPS) is 10.7. The van der Waals surface area contributed by atoms with E-state index in [0.29, 0.717) is 39.5 Å². The molecule has 0 saturated carbocycles. The topological polar surface area (TPSA) is 117 Å². The second kappa shape index (κ2) is 11.0. The highest BCUT2D eigenvalue weighted by Gasteiger charge is 2.15. The lowest BCUT2D eigenvalue weighted by Crippen LogP contribution is -2.13. The number of nitrogens with one attached hydrogen (secondary N) is 1. The number of aryl methyl sites for hydroxylation is 2. The molecule has 3 rings (SSSR count). The molecular formula is C24H25ClN2O7. The molecule has 180 valence electrons. The van der Waals surface area contributed by atoms with Crippen LogP contribution in [0.25, 0.3) is 22.3 Å². The van der Waals surface area contributed by atoms with Crippen LogP contribution in [-0.4, -0.2) is 48.6 Å². The Balaban J connectivity index is 1.79. The van der Waals surface area contributed by atoms with E-state index in [1.54, 1.807) is 12.1 Å². The van der Waals surface area contributed by atoms with Crippen molar-refractivity contribution in [1.29, 1.82) is 0 Å². The number of benzene rings is 2. The average Bonchev–Trinajstić information content (AvgIpc) is 2.80. The van der Waals surface area contributed by atoms with Gasteiger partial charge in [-0.1, -0.05) is 0 Å². The molecule has 1 heterocycles. The highest BCUT2D eigenvalue weighted by atomic mass is 35.5. The monoisotopic (exact) mass is 488 g/mol. The minimum Gasteiger partial charge on any atom is -0.497 e. The van der Waals surface area contributed by atoms with Crippen LogP contribution in [0.3, 0.4) is 0 Å². The molecule has 0 atom stereocenters. The molecule has 0 unspecified atom stereocenters. The number of hydrogen-bond donors (Lipinski definition) is 1. The molecule has 0 amide bonds. The Morgan fingerprint density at radius 2 is 1.71 bits per heavy atom. The van der Waals surface area contributed by atoms with Crippen LogP contribution in [0.5, 0.6) is 17.2 Å². The number of halogens is 1. The molecule has 0 fully saturated rings. The van der Waals surface area contributed by atoms with Crippen LogP contribution in [-0.2, 0) is 14.3 Å². The molecule has 0 spiro atoms. The van der Waals surface area contributed by atoms with Crippen molar-refractivity contribution in [1.82, 2.24) is 9.97 Å². The van der Waals surface area contributed by atoms with Crippen LogP contribution in [0, 0.1) is 13.8 Å². The smallest absolute Gasteiger partial charge is 0.306 e. The maximum absolute atomic E-state index is 12.8. The fourth-order valence-corrected chi connectivity index (χ4v) is 3.61. The van der Waals surface area contributed by atoms with Gasteiger partial charge in [-0.25, -0.2) is 4.98 Å². The number of hydrogen-bond acceptors (Lipinski definition) is 8. The van der Waals surface area contributed by atoms with Gasteiger partial charge in [0.05, 0.1) is 26.2 Å². The molecule has 0 aliphatic rings. The predicted octanol–water partition coefficient (Wildman–Crippen LogP) is 3.69. The van der Waals surface area contributed by atoms with Gasteiger partial charge in [0.1, 0.15) is 41.7 Å². The summed E-state index contributed by atoms with van der Waals surface area (Å²) in [6, 6.07) is 7.01. The highest BCUT2D eigenvalue weighted by Crippen LogP contribution is 2.31. The Labute approximate surface area is 201 Å². The largest absolute Gasteiger partial charge is 0.497 e. The number of aromatic nitrogens is 2. The van der Waals surface area contributed by atoms with Gasteiger partial charge in [0.25, 0.3) is 5.56 Å². The van der Waals surface area contributed by atoms with E-state index >= 15 is 0 Å². The van der Waals surface area contributed by atoms with Crippen LogP contribution in [0.4, 0.5) is 0 Å². The van der Waals surface area contributed by atoms with Crippen LogP contribution < -0.4 is 19.8 Å². The van der Waals surface area contributed by atoms with E-state index in [1.165, 1.54) is 14.2 Å². The lowest BCUT2D eigenvalue weighted by atomic mass is 10.0. The van der Waals surface area contributed by atoms with Gasteiger partial charge in [-0.3, -0.25) is 14.4 Å².